The second-order valence-corrected chi connectivity index (χ2v) is 5.79. The van der Waals surface area contributed by atoms with E-state index in [-0.39, 0.29) is 29.5 Å². The van der Waals surface area contributed by atoms with E-state index in [1.165, 1.54) is 0 Å². The fourth-order valence-electron chi connectivity index (χ4n) is 1.59. The summed E-state index contributed by atoms with van der Waals surface area (Å²) in [5.74, 6) is -0.646. The minimum Gasteiger partial charge on any atom is -0.422 e. The zero-order valence-electron chi connectivity index (χ0n) is 13.9. The van der Waals surface area contributed by atoms with E-state index in [2.05, 4.69) is 5.32 Å². The molecular weight excluding hydrogens is 282 g/mol. The lowest BCUT2D eigenvalue weighted by atomic mass is 10.1. The second-order valence-electron chi connectivity index (χ2n) is 5.79. The van der Waals surface area contributed by atoms with Crippen molar-refractivity contribution in [1.82, 2.24) is 5.32 Å². The van der Waals surface area contributed by atoms with Crippen LogP contribution in [0.15, 0.2) is 18.2 Å². The molecule has 0 aromatic heterocycles. The van der Waals surface area contributed by atoms with E-state index in [1.807, 2.05) is 13.1 Å². The van der Waals surface area contributed by atoms with Crippen LogP contribution >= 0.6 is 0 Å². The number of rotatable bonds is 7. The lowest BCUT2D eigenvalue weighted by Gasteiger charge is -2.14. The summed E-state index contributed by atoms with van der Waals surface area (Å²) in [6.45, 7) is 7.83. The van der Waals surface area contributed by atoms with Gasteiger partial charge in [0.15, 0.2) is 11.5 Å². The molecule has 0 amide bonds. The molecule has 0 spiro atoms. The molecule has 0 saturated carbocycles. The molecule has 22 heavy (non-hydrogen) atoms. The van der Waals surface area contributed by atoms with Crippen molar-refractivity contribution in [2.24, 2.45) is 11.8 Å². The van der Waals surface area contributed by atoms with E-state index in [4.69, 9.17) is 9.47 Å². The molecule has 0 fully saturated rings. The van der Waals surface area contributed by atoms with Crippen LogP contribution in [-0.2, 0) is 16.0 Å². The first-order chi connectivity index (χ1) is 10.3. The van der Waals surface area contributed by atoms with Gasteiger partial charge in [0.1, 0.15) is 0 Å². The number of carbonyl (C=O) groups excluding carboxylic acids is 2. The van der Waals surface area contributed by atoms with Gasteiger partial charge in [0, 0.05) is 0 Å². The third-order valence-electron chi connectivity index (χ3n) is 3.04. The summed E-state index contributed by atoms with van der Waals surface area (Å²) >= 11 is 0. The van der Waals surface area contributed by atoms with Gasteiger partial charge < -0.3 is 14.8 Å². The Bertz CT molecular complexity index is 523. The number of esters is 2. The van der Waals surface area contributed by atoms with E-state index in [9.17, 15) is 9.59 Å². The third-order valence-corrected chi connectivity index (χ3v) is 3.04. The molecule has 0 aliphatic rings. The molecular formula is C17H25NO4. The summed E-state index contributed by atoms with van der Waals surface area (Å²) in [6.07, 6.45) is 0.793. The molecule has 122 valence electrons. The smallest absolute Gasteiger partial charge is 0.313 e. The van der Waals surface area contributed by atoms with Gasteiger partial charge in [0.05, 0.1) is 11.8 Å². The highest BCUT2D eigenvalue weighted by Gasteiger charge is 2.18. The molecule has 5 nitrogen and oxygen atoms in total. The minimum atomic E-state index is -0.357. The lowest BCUT2D eigenvalue weighted by Crippen LogP contribution is -2.18. The van der Waals surface area contributed by atoms with Crippen LogP contribution in [0.25, 0.3) is 0 Å². The van der Waals surface area contributed by atoms with E-state index < -0.39 is 0 Å². The largest absolute Gasteiger partial charge is 0.422 e. The normalized spacial score (nSPS) is 10.9. The van der Waals surface area contributed by atoms with Gasteiger partial charge >= 0.3 is 11.9 Å². The Morgan fingerprint density at radius 1 is 1.00 bits per heavy atom. The minimum absolute atomic E-state index is 0.252. The average Bonchev–Trinajstić information content (AvgIpc) is 2.46. The third kappa shape index (κ3) is 5.48. The molecule has 1 aromatic carbocycles. The van der Waals surface area contributed by atoms with Gasteiger partial charge in [-0.25, -0.2) is 0 Å². The molecule has 1 N–H and O–H groups in total. The Balaban J connectivity index is 3.02. The zero-order chi connectivity index (χ0) is 16.7. The van der Waals surface area contributed by atoms with Crippen molar-refractivity contribution in [3.8, 4) is 11.5 Å². The summed E-state index contributed by atoms with van der Waals surface area (Å²) in [5, 5.41) is 3.06. The maximum absolute atomic E-state index is 11.8. The summed E-state index contributed by atoms with van der Waals surface area (Å²) < 4.78 is 10.7. The van der Waals surface area contributed by atoms with Gasteiger partial charge in [0.25, 0.3) is 0 Å². The molecule has 0 bridgehead atoms. The highest BCUT2D eigenvalue weighted by atomic mass is 16.6. The molecule has 5 heteroatoms. The number of hydrogen-bond acceptors (Lipinski definition) is 5. The van der Waals surface area contributed by atoms with E-state index in [0.717, 1.165) is 18.5 Å². The fraction of sp³-hybridized carbons (Fsp3) is 0.529. The summed E-state index contributed by atoms with van der Waals surface area (Å²) in [4.78, 5) is 23.6. The maximum Gasteiger partial charge on any atom is 0.313 e. The predicted octanol–water partition coefficient (Wildman–Crippen LogP) is 2.57. The Morgan fingerprint density at radius 3 is 2.05 bits per heavy atom. The Hall–Kier alpha value is -1.88. The summed E-state index contributed by atoms with van der Waals surface area (Å²) in [6, 6.07) is 5.29. The van der Waals surface area contributed by atoms with Gasteiger partial charge in [-0.15, -0.1) is 0 Å². The Labute approximate surface area is 132 Å². The SMILES string of the molecule is CNCCc1ccc(OC(=O)C(C)C)c(OC(=O)C(C)C)c1. The Kier molecular flexibility index (Phi) is 7.05. The van der Waals surface area contributed by atoms with Crippen molar-refractivity contribution in [1.29, 1.82) is 0 Å². The molecule has 0 aliphatic carbocycles. The van der Waals surface area contributed by atoms with Crippen LogP contribution < -0.4 is 14.8 Å². The van der Waals surface area contributed by atoms with E-state index >= 15 is 0 Å². The van der Waals surface area contributed by atoms with Crippen molar-refractivity contribution in [2.75, 3.05) is 13.6 Å². The van der Waals surface area contributed by atoms with Crippen molar-refractivity contribution < 1.29 is 19.1 Å². The molecule has 0 saturated heterocycles. The number of nitrogens with one attached hydrogen (secondary N) is 1. The molecule has 0 heterocycles. The number of ether oxygens (including phenoxy) is 2. The van der Waals surface area contributed by atoms with Gasteiger partial charge in [0.2, 0.25) is 0 Å². The second kappa shape index (κ2) is 8.54. The molecule has 1 rings (SSSR count). The van der Waals surface area contributed by atoms with E-state index in [0.29, 0.717) is 5.75 Å². The zero-order valence-corrected chi connectivity index (χ0v) is 13.9. The number of hydrogen-bond donors (Lipinski definition) is 1. The van der Waals surface area contributed by atoms with Crippen LogP contribution in [0.5, 0.6) is 11.5 Å². The van der Waals surface area contributed by atoms with Gasteiger partial charge in [-0.2, -0.15) is 0 Å². The topological polar surface area (TPSA) is 64.6 Å². The van der Waals surface area contributed by atoms with Crippen LogP contribution in [-0.4, -0.2) is 25.5 Å². The van der Waals surface area contributed by atoms with Crippen LogP contribution in [0, 0.1) is 11.8 Å². The standard InChI is InChI=1S/C17H25NO4/c1-11(2)16(19)21-14-7-6-13(8-9-18-5)10-15(14)22-17(20)12(3)4/h6-7,10-12,18H,8-9H2,1-5H3. The van der Waals surface area contributed by atoms with Gasteiger partial charge in [-0.05, 0) is 37.7 Å². The van der Waals surface area contributed by atoms with Crippen LogP contribution in [0.1, 0.15) is 33.3 Å². The first kappa shape index (κ1) is 18.2. The Morgan fingerprint density at radius 2 is 1.55 bits per heavy atom. The lowest BCUT2D eigenvalue weighted by molar-refractivity contribution is -0.140. The molecule has 0 unspecified atom stereocenters. The number of likely N-dealkylation sites (N-methyl/N-ethyl adjacent to an activating group) is 1. The average molecular weight is 307 g/mol. The van der Waals surface area contributed by atoms with Crippen molar-refractivity contribution in [3.63, 3.8) is 0 Å². The molecule has 0 aliphatic heterocycles. The predicted molar refractivity (Wildman–Crippen MR) is 85.0 cm³/mol. The van der Waals surface area contributed by atoms with Crippen molar-refractivity contribution >= 4 is 11.9 Å². The summed E-state index contributed by atoms with van der Waals surface area (Å²) in [7, 11) is 1.87. The van der Waals surface area contributed by atoms with Crippen LogP contribution in [0.2, 0.25) is 0 Å². The molecule has 1 aromatic rings. The number of carbonyl (C=O) groups is 2. The summed E-state index contributed by atoms with van der Waals surface area (Å²) in [5.41, 5.74) is 1.00. The van der Waals surface area contributed by atoms with Crippen molar-refractivity contribution in [2.45, 2.75) is 34.1 Å². The van der Waals surface area contributed by atoms with E-state index in [1.54, 1.807) is 39.8 Å². The van der Waals surface area contributed by atoms with Crippen LogP contribution in [0.3, 0.4) is 0 Å². The quantitative estimate of drug-likeness (QED) is 0.619. The highest BCUT2D eigenvalue weighted by molar-refractivity contribution is 5.78. The van der Waals surface area contributed by atoms with Gasteiger partial charge in [-0.1, -0.05) is 33.8 Å². The number of benzene rings is 1. The maximum atomic E-state index is 11.8. The van der Waals surface area contributed by atoms with Crippen LogP contribution in [0.4, 0.5) is 0 Å². The van der Waals surface area contributed by atoms with Crippen molar-refractivity contribution in [3.05, 3.63) is 23.8 Å². The molecule has 0 radical (unpaired) electrons. The van der Waals surface area contributed by atoms with Gasteiger partial charge in [-0.3, -0.25) is 9.59 Å². The first-order valence-corrected chi connectivity index (χ1v) is 7.56. The highest BCUT2D eigenvalue weighted by Crippen LogP contribution is 2.30. The monoisotopic (exact) mass is 307 g/mol. The molecule has 0 atom stereocenters. The fourth-order valence-corrected chi connectivity index (χ4v) is 1.59. The first-order valence-electron chi connectivity index (χ1n) is 7.56.